The summed E-state index contributed by atoms with van der Waals surface area (Å²) in [7, 11) is 0. The molecule has 0 unspecified atom stereocenters. The van der Waals surface area contributed by atoms with Gasteiger partial charge in [-0.25, -0.2) is 4.79 Å². The average Bonchev–Trinajstić information content (AvgIpc) is 2.24. The summed E-state index contributed by atoms with van der Waals surface area (Å²) in [5.41, 5.74) is -0.165. The van der Waals surface area contributed by atoms with Crippen molar-refractivity contribution in [2.24, 2.45) is 28.3 Å². The lowest BCUT2D eigenvalue weighted by Crippen LogP contribution is -2.50. The zero-order valence-electron chi connectivity index (χ0n) is 9.82. The molecule has 0 amide bonds. The quantitative estimate of drug-likeness (QED) is 0.408. The minimum Gasteiger partial charge on any atom is -0.318 e. The van der Waals surface area contributed by atoms with Crippen LogP contribution in [0.25, 0.3) is 0 Å². The summed E-state index contributed by atoms with van der Waals surface area (Å²) >= 11 is 0. The van der Waals surface area contributed by atoms with Gasteiger partial charge in [0.1, 0.15) is 0 Å². The van der Waals surface area contributed by atoms with Gasteiger partial charge in [0.2, 0.25) is 0 Å². The summed E-state index contributed by atoms with van der Waals surface area (Å²) in [6.07, 6.45) is 8.75. The van der Waals surface area contributed by atoms with E-state index in [9.17, 15) is 4.79 Å². The highest BCUT2D eigenvalue weighted by atomic mass is 16.7. The monoisotopic (exact) mass is 221 g/mol. The number of nitrogens with zero attached hydrogens (tertiary/aromatic N) is 1. The summed E-state index contributed by atoms with van der Waals surface area (Å²) in [4.78, 5) is 17.1. The first-order valence-corrected chi connectivity index (χ1v) is 6.41. The average molecular weight is 221 g/mol. The van der Waals surface area contributed by atoms with E-state index < -0.39 is 0 Å². The van der Waals surface area contributed by atoms with Crippen molar-refractivity contribution >= 4 is 12.2 Å². The Bertz CT molecular complexity index is 300. The summed E-state index contributed by atoms with van der Waals surface area (Å²) in [5.74, 6) is 2.28. The van der Waals surface area contributed by atoms with Gasteiger partial charge in [-0.3, -0.25) is 0 Å². The summed E-state index contributed by atoms with van der Waals surface area (Å²) in [5, 5.41) is 3.65. The van der Waals surface area contributed by atoms with Crippen molar-refractivity contribution in [2.45, 2.75) is 45.4 Å². The van der Waals surface area contributed by atoms with Crippen molar-refractivity contribution in [3.8, 4) is 0 Å². The first kappa shape index (κ1) is 10.3. The molecular weight excluding hydrogens is 202 g/mol. The van der Waals surface area contributed by atoms with Crippen LogP contribution in [0.1, 0.15) is 45.4 Å². The van der Waals surface area contributed by atoms with E-state index in [1.165, 1.54) is 19.3 Å². The predicted molar refractivity (Wildman–Crippen MR) is 60.9 cm³/mol. The number of hydrogen-bond acceptors (Lipinski definition) is 3. The van der Waals surface area contributed by atoms with E-state index in [1.54, 1.807) is 13.1 Å². The van der Waals surface area contributed by atoms with Crippen molar-refractivity contribution in [3.63, 3.8) is 0 Å². The smallest absolute Gasteiger partial charge is 0.318 e. The zero-order valence-corrected chi connectivity index (χ0v) is 9.82. The van der Waals surface area contributed by atoms with Crippen molar-refractivity contribution in [1.29, 1.82) is 0 Å². The van der Waals surface area contributed by atoms with Gasteiger partial charge < -0.3 is 4.84 Å². The third-order valence-electron chi connectivity index (χ3n) is 4.71. The van der Waals surface area contributed by atoms with E-state index in [0.717, 1.165) is 37.0 Å². The van der Waals surface area contributed by atoms with Crippen LogP contribution in [0.5, 0.6) is 0 Å². The highest BCUT2D eigenvalue weighted by molar-refractivity contribution is 5.77. The van der Waals surface area contributed by atoms with Crippen LogP contribution >= 0.6 is 0 Å². The van der Waals surface area contributed by atoms with Gasteiger partial charge in [-0.1, -0.05) is 5.16 Å². The number of carbonyl (C=O) groups excluding carboxylic acids is 1. The van der Waals surface area contributed by atoms with Crippen molar-refractivity contribution in [1.82, 2.24) is 0 Å². The van der Waals surface area contributed by atoms with Gasteiger partial charge in [0.25, 0.3) is 0 Å². The Morgan fingerprint density at radius 1 is 1.19 bits per heavy atom. The van der Waals surface area contributed by atoms with E-state index in [4.69, 9.17) is 4.84 Å². The molecule has 4 bridgehead atoms. The fourth-order valence-electron chi connectivity index (χ4n) is 4.56. The molecule has 88 valence electrons. The molecule has 0 aromatic rings. The van der Waals surface area contributed by atoms with E-state index in [-0.39, 0.29) is 11.4 Å². The van der Waals surface area contributed by atoms with Crippen LogP contribution in [0.4, 0.5) is 0 Å². The molecule has 0 radical (unpaired) electrons. The van der Waals surface area contributed by atoms with Crippen LogP contribution in [0, 0.1) is 23.2 Å². The maximum Gasteiger partial charge on any atom is 0.341 e. The van der Waals surface area contributed by atoms with E-state index >= 15 is 0 Å². The van der Waals surface area contributed by atoms with Gasteiger partial charge in [0.15, 0.2) is 0 Å². The lowest BCUT2D eigenvalue weighted by atomic mass is 9.49. The molecule has 3 nitrogen and oxygen atoms in total. The van der Waals surface area contributed by atoms with Crippen LogP contribution in [0.3, 0.4) is 0 Å². The SMILES string of the molecule is CC=NOC(=O)C12CC3CC(CC(C3)C1)C2. The molecule has 4 rings (SSSR count). The van der Waals surface area contributed by atoms with Gasteiger partial charge in [-0.15, -0.1) is 0 Å². The van der Waals surface area contributed by atoms with Crippen molar-refractivity contribution in [2.75, 3.05) is 0 Å². The fraction of sp³-hybridized carbons (Fsp3) is 0.846. The maximum atomic E-state index is 12.1. The summed E-state index contributed by atoms with van der Waals surface area (Å²) in [6, 6.07) is 0. The predicted octanol–water partition coefficient (Wildman–Crippen LogP) is 2.75. The second-order valence-electron chi connectivity index (χ2n) is 5.94. The zero-order chi connectivity index (χ0) is 11.2. The molecule has 0 saturated heterocycles. The normalized spacial score (nSPS) is 45.2. The Morgan fingerprint density at radius 3 is 2.12 bits per heavy atom. The molecule has 4 aliphatic rings. The maximum absolute atomic E-state index is 12.1. The van der Waals surface area contributed by atoms with Gasteiger partial charge in [-0.05, 0) is 63.2 Å². The lowest BCUT2D eigenvalue weighted by molar-refractivity contribution is -0.171. The van der Waals surface area contributed by atoms with Gasteiger partial charge in [0, 0.05) is 6.21 Å². The fourth-order valence-corrected chi connectivity index (χ4v) is 4.56. The summed E-state index contributed by atoms with van der Waals surface area (Å²) in [6.45, 7) is 1.77. The minimum atomic E-state index is -0.165. The summed E-state index contributed by atoms with van der Waals surface area (Å²) < 4.78 is 0. The topological polar surface area (TPSA) is 38.7 Å². The second-order valence-corrected chi connectivity index (χ2v) is 5.94. The standard InChI is InChI=1S/C13H19NO2/c1-2-14-16-12(15)13-6-9-3-10(7-13)5-11(4-9)8-13/h2,9-11H,3-8H2,1H3. The van der Waals surface area contributed by atoms with E-state index in [2.05, 4.69) is 5.16 Å². The number of oxime groups is 1. The van der Waals surface area contributed by atoms with Crippen molar-refractivity contribution in [3.05, 3.63) is 0 Å². The molecule has 4 saturated carbocycles. The first-order valence-electron chi connectivity index (χ1n) is 6.41. The highest BCUT2D eigenvalue weighted by Crippen LogP contribution is 2.60. The van der Waals surface area contributed by atoms with Crippen LogP contribution < -0.4 is 0 Å². The van der Waals surface area contributed by atoms with E-state index in [1.807, 2.05) is 0 Å². The Kier molecular flexibility index (Phi) is 2.30. The molecule has 0 aliphatic heterocycles. The molecule has 4 aliphatic carbocycles. The Balaban J connectivity index is 1.80. The molecule has 0 atom stereocenters. The molecule has 3 heteroatoms. The Labute approximate surface area is 96.2 Å². The largest absolute Gasteiger partial charge is 0.341 e. The molecule has 0 aromatic carbocycles. The number of rotatable bonds is 2. The number of carbonyl (C=O) groups is 1. The minimum absolute atomic E-state index is 0.0651. The van der Waals surface area contributed by atoms with Crippen LogP contribution in [0.2, 0.25) is 0 Å². The Hall–Kier alpha value is -0.860. The van der Waals surface area contributed by atoms with Crippen LogP contribution in [-0.2, 0) is 9.63 Å². The number of hydrogen-bond donors (Lipinski definition) is 0. The lowest BCUT2D eigenvalue weighted by Gasteiger charge is -2.54. The van der Waals surface area contributed by atoms with Crippen LogP contribution in [-0.4, -0.2) is 12.2 Å². The van der Waals surface area contributed by atoms with E-state index in [0.29, 0.717) is 0 Å². The molecule has 16 heavy (non-hydrogen) atoms. The molecule has 0 spiro atoms. The van der Waals surface area contributed by atoms with Crippen LogP contribution in [0.15, 0.2) is 5.16 Å². The molecule has 0 N–H and O–H groups in total. The molecular formula is C13H19NO2. The second kappa shape index (κ2) is 3.57. The Morgan fingerprint density at radius 2 is 1.69 bits per heavy atom. The third kappa shape index (κ3) is 1.48. The molecule has 4 fully saturated rings. The van der Waals surface area contributed by atoms with Gasteiger partial charge in [-0.2, -0.15) is 0 Å². The third-order valence-corrected chi connectivity index (χ3v) is 4.71. The highest BCUT2D eigenvalue weighted by Gasteiger charge is 2.55. The molecule has 0 aromatic heterocycles. The first-order chi connectivity index (χ1) is 7.72. The van der Waals surface area contributed by atoms with Gasteiger partial charge in [0.05, 0.1) is 5.41 Å². The molecule has 0 heterocycles. The van der Waals surface area contributed by atoms with Gasteiger partial charge >= 0.3 is 5.97 Å². The van der Waals surface area contributed by atoms with Crippen molar-refractivity contribution < 1.29 is 9.63 Å².